The first-order chi connectivity index (χ1) is 13.0. The normalized spacial score (nSPS) is 14.7. The number of rotatable bonds is 4. The number of amides is 1. The molecule has 1 aromatic heterocycles. The van der Waals surface area contributed by atoms with Crippen LogP contribution in [0.4, 0.5) is 14.5 Å². The van der Waals surface area contributed by atoms with E-state index in [2.05, 4.69) is 5.32 Å². The molecule has 1 amide bonds. The highest BCUT2D eigenvalue weighted by molar-refractivity contribution is 6.01. The summed E-state index contributed by atoms with van der Waals surface area (Å²) in [5.41, 5.74) is 7.65. The fourth-order valence-electron chi connectivity index (χ4n) is 3.56. The molecule has 0 radical (unpaired) electrons. The maximum absolute atomic E-state index is 14.4. The van der Waals surface area contributed by atoms with Gasteiger partial charge in [0.25, 0.3) is 5.91 Å². The van der Waals surface area contributed by atoms with Crippen LogP contribution in [0, 0.1) is 11.6 Å². The fraction of sp³-hybridized carbons (Fsp3) is 0.250. The van der Waals surface area contributed by atoms with Crippen LogP contribution in [-0.2, 0) is 6.42 Å². The number of carbonyl (C=O) groups excluding carboxylic acids is 1. The third-order valence-corrected chi connectivity index (χ3v) is 4.79. The first-order valence-corrected chi connectivity index (χ1v) is 8.78. The number of nitrogens with zero attached hydrogens (tertiary/aromatic N) is 1. The minimum Gasteiger partial charge on any atom is -0.448 e. The van der Waals surface area contributed by atoms with Gasteiger partial charge in [0.2, 0.25) is 0 Å². The first kappa shape index (κ1) is 17.5. The van der Waals surface area contributed by atoms with Crippen LogP contribution < -0.4 is 16.0 Å². The van der Waals surface area contributed by atoms with E-state index in [0.717, 1.165) is 13.1 Å². The molecule has 0 unspecified atom stereocenters. The predicted molar refractivity (Wildman–Crippen MR) is 99.0 cm³/mol. The molecule has 27 heavy (non-hydrogen) atoms. The van der Waals surface area contributed by atoms with E-state index in [4.69, 9.17) is 10.2 Å². The molecule has 0 bridgehead atoms. The van der Waals surface area contributed by atoms with Crippen molar-refractivity contribution in [2.45, 2.75) is 6.42 Å². The van der Waals surface area contributed by atoms with Crippen molar-refractivity contribution in [1.29, 1.82) is 0 Å². The summed E-state index contributed by atoms with van der Waals surface area (Å²) < 4.78 is 33.7. The standard InChI is InChI=1S/C20H19F2N3O2/c21-13-3-1-2-12(8-13)9-15-16-10-14(22)11-17(25-6-4-24-5-7-25)18(16)27-19(15)20(23)26/h1-3,8,10-11,24H,4-7,9H2,(H2,23,26). The molecule has 1 aliphatic rings. The average Bonchev–Trinajstić information content (AvgIpc) is 3.00. The molecule has 0 aliphatic carbocycles. The monoisotopic (exact) mass is 371 g/mol. The van der Waals surface area contributed by atoms with E-state index in [0.29, 0.717) is 40.9 Å². The minimum absolute atomic E-state index is 0.0174. The summed E-state index contributed by atoms with van der Waals surface area (Å²) in [4.78, 5) is 14.0. The first-order valence-electron chi connectivity index (χ1n) is 8.78. The highest BCUT2D eigenvalue weighted by Crippen LogP contribution is 2.36. The summed E-state index contributed by atoms with van der Waals surface area (Å²) in [6.07, 6.45) is 0.216. The summed E-state index contributed by atoms with van der Waals surface area (Å²) in [5, 5.41) is 3.73. The molecule has 2 aromatic carbocycles. The molecule has 3 N–H and O–H groups in total. The molecule has 1 fully saturated rings. The lowest BCUT2D eigenvalue weighted by Gasteiger charge is -2.29. The third-order valence-electron chi connectivity index (χ3n) is 4.79. The second-order valence-corrected chi connectivity index (χ2v) is 6.62. The number of hydrogen-bond donors (Lipinski definition) is 2. The Kier molecular flexibility index (Phi) is 4.53. The van der Waals surface area contributed by atoms with Crippen LogP contribution in [0.15, 0.2) is 40.8 Å². The quantitative estimate of drug-likeness (QED) is 0.740. The minimum atomic E-state index is -0.732. The van der Waals surface area contributed by atoms with Gasteiger partial charge >= 0.3 is 0 Å². The summed E-state index contributed by atoms with van der Waals surface area (Å²) in [5.74, 6) is -1.55. The highest BCUT2D eigenvalue weighted by atomic mass is 19.1. The SMILES string of the molecule is NC(=O)c1oc2c(N3CCNCC3)cc(F)cc2c1Cc1cccc(F)c1. The van der Waals surface area contributed by atoms with Crippen LogP contribution in [0.25, 0.3) is 11.0 Å². The van der Waals surface area contributed by atoms with Gasteiger partial charge in [-0.25, -0.2) is 8.78 Å². The number of nitrogens with one attached hydrogen (secondary N) is 1. The van der Waals surface area contributed by atoms with Crippen molar-refractivity contribution in [3.8, 4) is 0 Å². The van der Waals surface area contributed by atoms with E-state index in [1.807, 2.05) is 4.90 Å². The van der Waals surface area contributed by atoms with Crippen LogP contribution in [0.3, 0.4) is 0 Å². The van der Waals surface area contributed by atoms with Crippen molar-refractivity contribution in [1.82, 2.24) is 5.32 Å². The van der Waals surface area contributed by atoms with Crippen LogP contribution in [-0.4, -0.2) is 32.1 Å². The molecule has 1 saturated heterocycles. The van der Waals surface area contributed by atoms with Gasteiger partial charge < -0.3 is 20.4 Å². The van der Waals surface area contributed by atoms with Crippen LogP contribution >= 0.6 is 0 Å². The molecule has 2 heterocycles. The number of halogens is 2. The topological polar surface area (TPSA) is 71.5 Å². The number of carbonyl (C=O) groups is 1. The second-order valence-electron chi connectivity index (χ2n) is 6.62. The summed E-state index contributed by atoms with van der Waals surface area (Å²) in [6.45, 7) is 2.95. The van der Waals surface area contributed by atoms with Crippen molar-refractivity contribution in [3.05, 3.63) is 64.9 Å². The molecule has 0 spiro atoms. The molecule has 4 rings (SSSR count). The third kappa shape index (κ3) is 3.38. The number of fused-ring (bicyclic) bond motifs is 1. The van der Waals surface area contributed by atoms with Crippen molar-refractivity contribution < 1.29 is 18.0 Å². The number of piperazine rings is 1. The number of anilines is 1. The van der Waals surface area contributed by atoms with Crippen LogP contribution in [0.1, 0.15) is 21.7 Å². The molecule has 0 atom stereocenters. The average molecular weight is 371 g/mol. The van der Waals surface area contributed by atoms with E-state index in [1.54, 1.807) is 12.1 Å². The van der Waals surface area contributed by atoms with Gasteiger partial charge in [-0.3, -0.25) is 4.79 Å². The van der Waals surface area contributed by atoms with Crippen molar-refractivity contribution in [2.24, 2.45) is 5.73 Å². The second kappa shape index (κ2) is 7.00. The van der Waals surface area contributed by atoms with Crippen molar-refractivity contribution >= 4 is 22.6 Å². The van der Waals surface area contributed by atoms with Gasteiger partial charge in [-0.15, -0.1) is 0 Å². The van der Waals surface area contributed by atoms with Crippen molar-refractivity contribution in [2.75, 3.05) is 31.1 Å². The maximum atomic E-state index is 14.4. The fourth-order valence-corrected chi connectivity index (χ4v) is 3.56. The molecule has 0 saturated carbocycles. The van der Waals surface area contributed by atoms with Gasteiger partial charge in [0.15, 0.2) is 11.3 Å². The Bertz CT molecular complexity index is 1010. The van der Waals surface area contributed by atoms with Gasteiger partial charge in [-0.1, -0.05) is 12.1 Å². The molecule has 5 nitrogen and oxygen atoms in total. The van der Waals surface area contributed by atoms with Crippen LogP contribution in [0.5, 0.6) is 0 Å². The smallest absolute Gasteiger partial charge is 0.284 e. The van der Waals surface area contributed by atoms with E-state index >= 15 is 0 Å². The zero-order valence-electron chi connectivity index (χ0n) is 14.6. The molecule has 1 aliphatic heterocycles. The Balaban J connectivity index is 1.87. The lowest BCUT2D eigenvalue weighted by atomic mass is 10.0. The summed E-state index contributed by atoms with van der Waals surface area (Å²) >= 11 is 0. The Morgan fingerprint density at radius 3 is 2.63 bits per heavy atom. The van der Waals surface area contributed by atoms with Gasteiger partial charge in [0.1, 0.15) is 11.6 Å². The predicted octanol–water partition coefficient (Wildman–Crippen LogP) is 2.81. The Hall–Kier alpha value is -2.93. The number of primary amides is 1. The Morgan fingerprint density at radius 1 is 1.15 bits per heavy atom. The summed E-state index contributed by atoms with van der Waals surface area (Å²) in [6, 6.07) is 8.79. The van der Waals surface area contributed by atoms with E-state index in [1.165, 1.54) is 24.3 Å². The molecular weight excluding hydrogens is 352 g/mol. The van der Waals surface area contributed by atoms with E-state index in [-0.39, 0.29) is 18.0 Å². The molecule has 7 heteroatoms. The lowest BCUT2D eigenvalue weighted by molar-refractivity contribution is 0.0975. The number of hydrogen-bond acceptors (Lipinski definition) is 4. The summed E-state index contributed by atoms with van der Waals surface area (Å²) in [7, 11) is 0. The number of nitrogens with two attached hydrogens (primary N) is 1. The number of furan rings is 1. The van der Waals surface area contributed by atoms with Crippen molar-refractivity contribution in [3.63, 3.8) is 0 Å². The maximum Gasteiger partial charge on any atom is 0.284 e. The van der Waals surface area contributed by atoms with Gasteiger partial charge in [-0.2, -0.15) is 0 Å². The van der Waals surface area contributed by atoms with E-state index in [9.17, 15) is 13.6 Å². The molecular formula is C20H19F2N3O2. The van der Waals surface area contributed by atoms with Gasteiger partial charge in [0.05, 0.1) is 5.69 Å². The van der Waals surface area contributed by atoms with Gasteiger partial charge in [0, 0.05) is 49.6 Å². The lowest BCUT2D eigenvalue weighted by Crippen LogP contribution is -2.43. The Morgan fingerprint density at radius 2 is 1.93 bits per heavy atom. The number of benzene rings is 2. The van der Waals surface area contributed by atoms with Crippen LogP contribution in [0.2, 0.25) is 0 Å². The largest absolute Gasteiger partial charge is 0.448 e. The van der Waals surface area contributed by atoms with Gasteiger partial charge in [-0.05, 0) is 23.8 Å². The molecule has 3 aromatic rings. The zero-order chi connectivity index (χ0) is 19.0. The zero-order valence-corrected chi connectivity index (χ0v) is 14.6. The Labute approximate surface area is 154 Å². The molecule has 140 valence electrons. The van der Waals surface area contributed by atoms with E-state index < -0.39 is 11.7 Å². The highest BCUT2D eigenvalue weighted by Gasteiger charge is 2.24.